The van der Waals surface area contributed by atoms with Gasteiger partial charge in [-0.25, -0.2) is 9.97 Å². The van der Waals surface area contributed by atoms with Crippen molar-refractivity contribution >= 4 is 6.29 Å². The first-order valence-corrected chi connectivity index (χ1v) is 6.90. The van der Waals surface area contributed by atoms with Crippen molar-refractivity contribution in [1.82, 2.24) is 19.1 Å². The highest BCUT2D eigenvalue weighted by atomic mass is 16.3. The lowest BCUT2D eigenvalue weighted by Gasteiger charge is -2.03. The summed E-state index contributed by atoms with van der Waals surface area (Å²) < 4.78 is 3.64. The maximum atomic E-state index is 10.6. The molecule has 0 saturated heterocycles. The molecule has 1 N–H and O–H groups in total. The lowest BCUT2D eigenvalue weighted by Crippen LogP contribution is -2.02. The fourth-order valence-electron chi connectivity index (χ4n) is 1.89. The van der Waals surface area contributed by atoms with Crippen LogP contribution in [0, 0.1) is 0 Å². The summed E-state index contributed by atoms with van der Waals surface area (Å²) in [6.45, 7) is 1.51. The summed E-state index contributed by atoms with van der Waals surface area (Å²) in [6.07, 6.45) is 9.38. The smallest absolute Gasteiger partial charge is 0.185 e. The van der Waals surface area contributed by atoms with Gasteiger partial charge >= 0.3 is 0 Å². The second kappa shape index (κ2) is 8.53. The molecule has 2 heterocycles. The van der Waals surface area contributed by atoms with Gasteiger partial charge in [0.15, 0.2) is 12.1 Å². The lowest BCUT2D eigenvalue weighted by atomic mass is 10.2. The van der Waals surface area contributed by atoms with Crippen molar-refractivity contribution in [1.29, 1.82) is 0 Å². The van der Waals surface area contributed by atoms with Gasteiger partial charge in [0.25, 0.3) is 0 Å². The van der Waals surface area contributed by atoms with Crippen LogP contribution in [0.3, 0.4) is 0 Å². The zero-order valence-corrected chi connectivity index (χ0v) is 12.1. The Balaban J connectivity index is 0.000000188. The maximum Gasteiger partial charge on any atom is 0.185 e. The second-order valence-electron chi connectivity index (χ2n) is 4.54. The molecule has 0 aliphatic heterocycles. The summed E-state index contributed by atoms with van der Waals surface area (Å²) in [7, 11) is 0. The summed E-state index contributed by atoms with van der Waals surface area (Å²) in [4.78, 5) is 18.3. The van der Waals surface area contributed by atoms with Crippen LogP contribution in [0.4, 0.5) is 0 Å². The van der Waals surface area contributed by atoms with Crippen molar-refractivity contribution in [2.75, 3.05) is 6.61 Å². The summed E-state index contributed by atoms with van der Waals surface area (Å²) in [5.74, 6) is 0.467. The van der Waals surface area contributed by atoms with Crippen LogP contribution in [0.5, 0.6) is 0 Å². The van der Waals surface area contributed by atoms with Gasteiger partial charge in [0, 0.05) is 37.9 Å². The summed E-state index contributed by atoms with van der Waals surface area (Å²) in [5.41, 5.74) is 1.16. The van der Waals surface area contributed by atoms with E-state index < -0.39 is 0 Å². The van der Waals surface area contributed by atoms with E-state index in [0.29, 0.717) is 18.9 Å². The van der Waals surface area contributed by atoms with Crippen LogP contribution in [-0.2, 0) is 13.1 Å². The number of nitrogens with zero attached hydrogens (tertiary/aromatic N) is 4. The van der Waals surface area contributed by atoms with Crippen molar-refractivity contribution in [3.8, 4) is 0 Å². The van der Waals surface area contributed by atoms with E-state index >= 15 is 0 Å². The fraction of sp³-hybridized carbons (Fsp3) is 0.188. The van der Waals surface area contributed by atoms with E-state index in [9.17, 15) is 4.79 Å². The average Bonchev–Trinajstić information content (AvgIpc) is 3.21. The molecule has 0 atom stereocenters. The number of imidazole rings is 2. The quantitative estimate of drug-likeness (QED) is 0.726. The summed E-state index contributed by atoms with van der Waals surface area (Å²) in [6, 6.07) is 9.97. The van der Waals surface area contributed by atoms with Gasteiger partial charge in [0.2, 0.25) is 0 Å². The van der Waals surface area contributed by atoms with Crippen molar-refractivity contribution in [2.45, 2.75) is 13.1 Å². The van der Waals surface area contributed by atoms with Crippen molar-refractivity contribution < 1.29 is 9.90 Å². The third kappa shape index (κ3) is 4.68. The average molecular weight is 298 g/mol. The molecule has 0 bridgehead atoms. The molecule has 114 valence electrons. The minimum Gasteiger partial charge on any atom is -0.395 e. The molecule has 0 saturated carbocycles. The van der Waals surface area contributed by atoms with Gasteiger partial charge in [-0.3, -0.25) is 4.79 Å². The molecule has 6 heteroatoms. The Hall–Kier alpha value is -2.73. The van der Waals surface area contributed by atoms with Crippen LogP contribution >= 0.6 is 0 Å². The molecule has 1 aromatic carbocycles. The maximum absolute atomic E-state index is 10.6. The molecule has 6 nitrogen and oxygen atoms in total. The zero-order chi connectivity index (χ0) is 15.6. The Bertz CT molecular complexity index is 663. The Labute approximate surface area is 128 Å². The van der Waals surface area contributed by atoms with Gasteiger partial charge in [-0.15, -0.1) is 0 Å². The van der Waals surface area contributed by atoms with Gasteiger partial charge in [-0.05, 0) is 5.56 Å². The van der Waals surface area contributed by atoms with Crippen LogP contribution in [0.25, 0.3) is 0 Å². The third-order valence-corrected chi connectivity index (χ3v) is 2.97. The van der Waals surface area contributed by atoms with Crippen molar-refractivity contribution in [3.05, 3.63) is 72.8 Å². The highest BCUT2D eigenvalue weighted by Gasteiger charge is 2.00. The van der Waals surface area contributed by atoms with Gasteiger partial charge in [-0.2, -0.15) is 0 Å². The van der Waals surface area contributed by atoms with E-state index in [1.54, 1.807) is 24.9 Å². The largest absolute Gasteiger partial charge is 0.395 e. The molecule has 0 radical (unpaired) electrons. The number of hydrogen-bond donors (Lipinski definition) is 1. The van der Waals surface area contributed by atoms with Crippen molar-refractivity contribution in [3.63, 3.8) is 0 Å². The first-order valence-electron chi connectivity index (χ1n) is 6.90. The topological polar surface area (TPSA) is 72.9 Å². The normalized spacial score (nSPS) is 9.86. The van der Waals surface area contributed by atoms with Gasteiger partial charge in [-0.1, -0.05) is 30.3 Å². The minimum atomic E-state index is 0.177. The summed E-state index contributed by atoms with van der Waals surface area (Å²) in [5, 5.41) is 8.39. The Morgan fingerprint density at radius 2 is 1.95 bits per heavy atom. The Morgan fingerprint density at radius 1 is 1.14 bits per heavy atom. The Morgan fingerprint density at radius 3 is 2.59 bits per heavy atom. The number of aldehydes is 1. The number of aliphatic hydroxyl groups excluding tert-OH is 1. The Kier molecular flexibility index (Phi) is 6.07. The highest BCUT2D eigenvalue weighted by molar-refractivity contribution is 5.69. The van der Waals surface area contributed by atoms with E-state index in [0.717, 1.165) is 11.8 Å². The number of aliphatic hydroxyl groups is 1. The summed E-state index contributed by atoms with van der Waals surface area (Å²) >= 11 is 0. The molecule has 0 aliphatic carbocycles. The molecular formula is C16H18N4O2. The molecule has 0 spiro atoms. The van der Waals surface area contributed by atoms with Crippen LogP contribution < -0.4 is 0 Å². The van der Waals surface area contributed by atoms with Crippen molar-refractivity contribution in [2.24, 2.45) is 0 Å². The fourth-order valence-corrected chi connectivity index (χ4v) is 1.89. The first-order chi connectivity index (χ1) is 10.8. The lowest BCUT2D eigenvalue weighted by molar-refractivity contribution is 0.111. The number of carbonyl (C=O) groups is 1. The van der Waals surface area contributed by atoms with E-state index in [-0.39, 0.29) is 6.61 Å². The van der Waals surface area contributed by atoms with Crippen LogP contribution in [-0.4, -0.2) is 37.1 Å². The SMILES string of the molecule is O=Cc1nccn1Cc1ccccc1.OCCn1ccnc1. The number of rotatable bonds is 5. The molecule has 0 unspecified atom stereocenters. The number of benzene rings is 1. The molecular weight excluding hydrogens is 280 g/mol. The molecule has 0 aliphatic rings. The second-order valence-corrected chi connectivity index (χ2v) is 4.54. The molecule has 3 aromatic rings. The molecule has 0 amide bonds. The third-order valence-electron chi connectivity index (χ3n) is 2.97. The monoisotopic (exact) mass is 298 g/mol. The van der Waals surface area contributed by atoms with E-state index in [4.69, 9.17) is 5.11 Å². The van der Waals surface area contributed by atoms with Crippen LogP contribution in [0.15, 0.2) is 61.4 Å². The molecule has 2 aromatic heterocycles. The molecule has 0 fully saturated rings. The van der Waals surface area contributed by atoms with Crippen LogP contribution in [0.2, 0.25) is 0 Å². The predicted octanol–water partition coefficient (Wildman–Crippen LogP) is 1.62. The zero-order valence-electron chi connectivity index (χ0n) is 12.1. The van der Waals surface area contributed by atoms with E-state index in [1.807, 2.05) is 45.7 Å². The van der Waals surface area contributed by atoms with Gasteiger partial charge in [0.1, 0.15) is 0 Å². The standard InChI is InChI=1S/C11H10N2O.C5H8N2O/c14-9-11-12-6-7-13(11)8-10-4-2-1-3-5-10;8-4-3-7-2-1-6-5-7/h1-7,9H,8H2;1-2,5,8H,3-4H2. The number of aromatic nitrogens is 4. The molecule has 3 rings (SSSR count). The van der Waals surface area contributed by atoms with Crippen LogP contribution in [0.1, 0.15) is 16.2 Å². The predicted molar refractivity (Wildman–Crippen MR) is 82.5 cm³/mol. The van der Waals surface area contributed by atoms with Gasteiger partial charge in [0.05, 0.1) is 12.9 Å². The molecule has 22 heavy (non-hydrogen) atoms. The highest BCUT2D eigenvalue weighted by Crippen LogP contribution is 2.03. The van der Waals surface area contributed by atoms with E-state index in [2.05, 4.69) is 9.97 Å². The van der Waals surface area contributed by atoms with Gasteiger partial charge < -0.3 is 14.2 Å². The number of carbonyl (C=O) groups excluding carboxylic acids is 1. The first kappa shape index (κ1) is 15.7. The minimum absolute atomic E-state index is 0.177. The number of hydrogen-bond acceptors (Lipinski definition) is 4. The van der Waals surface area contributed by atoms with E-state index in [1.165, 1.54) is 0 Å².